The highest BCUT2D eigenvalue weighted by Gasteiger charge is 2.26. The number of nitrogens with two attached hydrogens (primary N) is 1. The zero-order valence-corrected chi connectivity index (χ0v) is 13.6. The molecule has 1 atom stereocenters. The molecule has 1 heterocycles. The van der Waals surface area contributed by atoms with Gasteiger partial charge >= 0.3 is 0 Å². The van der Waals surface area contributed by atoms with E-state index in [2.05, 4.69) is 30.2 Å². The Morgan fingerprint density at radius 2 is 2.05 bits per heavy atom. The molecule has 118 valence electrons. The van der Waals surface area contributed by atoms with Crippen LogP contribution in [0.3, 0.4) is 0 Å². The van der Waals surface area contributed by atoms with Crippen LogP contribution in [0.4, 0.5) is 5.82 Å². The lowest BCUT2D eigenvalue weighted by atomic mass is 9.76. The maximum absolute atomic E-state index is 5.82. The number of rotatable bonds is 7. The average Bonchev–Trinajstić information content (AvgIpc) is 2.51. The van der Waals surface area contributed by atoms with Crippen molar-refractivity contribution in [2.45, 2.75) is 64.8 Å². The zero-order valence-electron chi connectivity index (χ0n) is 13.6. The number of hydrogen-bond acceptors (Lipinski definition) is 3. The third-order valence-electron chi connectivity index (χ3n) is 5.00. The molecule has 21 heavy (non-hydrogen) atoms. The van der Waals surface area contributed by atoms with Gasteiger partial charge in [0.1, 0.15) is 5.82 Å². The SMILES string of the molecule is CCCNC(Cc1ccnc(N)c1)C1CCC(CC)CC1. The van der Waals surface area contributed by atoms with Crippen molar-refractivity contribution in [2.75, 3.05) is 12.3 Å². The van der Waals surface area contributed by atoms with Crippen LogP contribution in [0.15, 0.2) is 18.3 Å². The Morgan fingerprint density at radius 1 is 1.29 bits per heavy atom. The molecule has 0 radical (unpaired) electrons. The van der Waals surface area contributed by atoms with Crippen molar-refractivity contribution in [2.24, 2.45) is 11.8 Å². The Bertz CT molecular complexity index is 411. The van der Waals surface area contributed by atoms with Gasteiger partial charge in [0.15, 0.2) is 0 Å². The van der Waals surface area contributed by atoms with E-state index in [0.717, 1.165) is 24.8 Å². The predicted molar refractivity (Wildman–Crippen MR) is 90.2 cm³/mol. The van der Waals surface area contributed by atoms with Crippen LogP contribution >= 0.6 is 0 Å². The van der Waals surface area contributed by atoms with Gasteiger partial charge < -0.3 is 11.1 Å². The van der Waals surface area contributed by atoms with Crippen molar-refractivity contribution in [1.29, 1.82) is 0 Å². The lowest BCUT2D eigenvalue weighted by molar-refractivity contribution is 0.216. The highest BCUT2D eigenvalue weighted by Crippen LogP contribution is 2.33. The van der Waals surface area contributed by atoms with Crippen molar-refractivity contribution < 1.29 is 0 Å². The first kappa shape index (κ1) is 16.3. The summed E-state index contributed by atoms with van der Waals surface area (Å²) < 4.78 is 0. The molecule has 1 aliphatic carbocycles. The molecule has 1 aromatic rings. The number of hydrogen-bond donors (Lipinski definition) is 2. The lowest BCUT2D eigenvalue weighted by Gasteiger charge is -2.34. The van der Waals surface area contributed by atoms with Crippen LogP contribution in [-0.4, -0.2) is 17.6 Å². The first-order chi connectivity index (χ1) is 10.2. The van der Waals surface area contributed by atoms with Gasteiger partial charge in [-0.05, 0) is 61.8 Å². The number of nitrogen functional groups attached to an aromatic ring is 1. The Labute approximate surface area is 129 Å². The first-order valence-electron chi connectivity index (χ1n) is 8.66. The number of nitrogens with zero attached hydrogens (tertiary/aromatic N) is 1. The van der Waals surface area contributed by atoms with Crippen molar-refractivity contribution in [1.82, 2.24) is 10.3 Å². The van der Waals surface area contributed by atoms with Crippen molar-refractivity contribution >= 4 is 5.82 Å². The van der Waals surface area contributed by atoms with E-state index in [-0.39, 0.29) is 0 Å². The second-order valence-corrected chi connectivity index (χ2v) is 6.54. The van der Waals surface area contributed by atoms with E-state index >= 15 is 0 Å². The van der Waals surface area contributed by atoms with Crippen LogP contribution in [0.5, 0.6) is 0 Å². The standard InChI is InChI=1S/C18H31N3/c1-3-10-20-17(12-15-9-11-21-18(19)13-15)16-7-5-14(4-2)6-8-16/h9,11,13-14,16-17,20H,3-8,10,12H2,1-2H3,(H2,19,21). The highest BCUT2D eigenvalue weighted by molar-refractivity contribution is 5.32. The van der Waals surface area contributed by atoms with Gasteiger partial charge in [-0.25, -0.2) is 4.98 Å². The van der Waals surface area contributed by atoms with Gasteiger partial charge in [-0.1, -0.05) is 33.1 Å². The molecule has 0 spiro atoms. The van der Waals surface area contributed by atoms with E-state index in [9.17, 15) is 0 Å². The van der Waals surface area contributed by atoms with E-state index in [1.807, 2.05) is 12.3 Å². The van der Waals surface area contributed by atoms with Crippen molar-refractivity contribution in [3.05, 3.63) is 23.9 Å². The second kappa shape index (κ2) is 8.38. The average molecular weight is 289 g/mol. The van der Waals surface area contributed by atoms with Gasteiger partial charge in [-0.15, -0.1) is 0 Å². The van der Waals surface area contributed by atoms with E-state index < -0.39 is 0 Å². The molecule has 0 aromatic carbocycles. The minimum absolute atomic E-state index is 0.588. The maximum atomic E-state index is 5.82. The normalized spacial score (nSPS) is 23.9. The minimum Gasteiger partial charge on any atom is -0.384 e. The van der Waals surface area contributed by atoms with Crippen LogP contribution in [0, 0.1) is 11.8 Å². The Hall–Kier alpha value is -1.09. The summed E-state index contributed by atoms with van der Waals surface area (Å²) in [5.74, 6) is 2.41. The van der Waals surface area contributed by atoms with Crippen LogP contribution in [-0.2, 0) is 6.42 Å². The summed E-state index contributed by atoms with van der Waals surface area (Å²) in [7, 11) is 0. The summed E-state index contributed by atoms with van der Waals surface area (Å²) >= 11 is 0. The van der Waals surface area contributed by atoms with Crippen LogP contribution in [0.2, 0.25) is 0 Å². The fourth-order valence-corrected chi connectivity index (χ4v) is 3.61. The maximum Gasteiger partial charge on any atom is 0.123 e. The third-order valence-corrected chi connectivity index (χ3v) is 5.00. The summed E-state index contributed by atoms with van der Waals surface area (Å²) in [6, 6.07) is 4.72. The van der Waals surface area contributed by atoms with Crippen LogP contribution < -0.4 is 11.1 Å². The molecular weight excluding hydrogens is 258 g/mol. The summed E-state index contributed by atoms with van der Waals surface area (Å²) in [4.78, 5) is 4.10. The Kier molecular flexibility index (Phi) is 6.50. The number of nitrogens with one attached hydrogen (secondary N) is 1. The summed E-state index contributed by atoms with van der Waals surface area (Å²) in [6.45, 7) is 5.68. The zero-order chi connectivity index (χ0) is 15.1. The molecular formula is C18H31N3. The molecule has 3 heteroatoms. The molecule has 1 aromatic heterocycles. The summed E-state index contributed by atoms with van der Waals surface area (Å²) in [5.41, 5.74) is 7.13. The fraction of sp³-hybridized carbons (Fsp3) is 0.722. The molecule has 0 aliphatic heterocycles. The van der Waals surface area contributed by atoms with Gasteiger partial charge in [0.25, 0.3) is 0 Å². The van der Waals surface area contributed by atoms with Crippen LogP contribution in [0.25, 0.3) is 0 Å². The van der Waals surface area contributed by atoms with E-state index in [0.29, 0.717) is 11.9 Å². The molecule has 1 fully saturated rings. The van der Waals surface area contributed by atoms with Gasteiger partial charge in [-0.3, -0.25) is 0 Å². The van der Waals surface area contributed by atoms with E-state index in [1.54, 1.807) is 0 Å². The van der Waals surface area contributed by atoms with Gasteiger partial charge in [0.05, 0.1) is 0 Å². The lowest BCUT2D eigenvalue weighted by Crippen LogP contribution is -2.40. The molecule has 1 saturated carbocycles. The topological polar surface area (TPSA) is 50.9 Å². The van der Waals surface area contributed by atoms with Gasteiger partial charge in [0, 0.05) is 12.2 Å². The largest absolute Gasteiger partial charge is 0.384 e. The smallest absolute Gasteiger partial charge is 0.123 e. The molecule has 1 unspecified atom stereocenters. The van der Waals surface area contributed by atoms with Crippen molar-refractivity contribution in [3.63, 3.8) is 0 Å². The molecule has 3 nitrogen and oxygen atoms in total. The summed E-state index contributed by atoms with van der Waals surface area (Å²) in [6.07, 6.45) is 11.0. The van der Waals surface area contributed by atoms with Crippen LogP contribution in [0.1, 0.15) is 57.9 Å². The van der Waals surface area contributed by atoms with Gasteiger partial charge in [0.2, 0.25) is 0 Å². The van der Waals surface area contributed by atoms with Gasteiger partial charge in [-0.2, -0.15) is 0 Å². The fourth-order valence-electron chi connectivity index (χ4n) is 3.61. The number of aromatic nitrogens is 1. The number of anilines is 1. The molecule has 2 rings (SSSR count). The quantitative estimate of drug-likeness (QED) is 0.803. The number of pyridine rings is 1. The third kappa shape index (κ3) is 4.99. The monoisotopic (exact) mass is 289 g/mol. The predicted octanol–water partition coefficient (Wildman–Crippen LogP) is 3.79. The highest BCUT2D eigenvalue weighted by atomic mass is 14.9. The van der Waals surface area contributed by atoms with E-state index in [4.69, 9.17) is 5.73 Å². The molecule has 0 saturated heterocycles. The van der Waals surface area contributed by atoms with Crippen molar-refractivity contribution in [3.8, 4) is 0 Å². The molecule has 0 amide bonds. The molecule has 1 aliphatic rings. The first-order valence-corrected chi connectivity index (χ1v) is 8.66. The minimum atomic E-state index is 0.588. The van der Waals surface area contributed by atoms with E-state index in [1.165, 1.54) is 44.1 Å². The second-order valence-electron chi connectivity index (χ2n) is 6.54. The summed E-state index contributed by atoms with van der Waals surface area (Å²) in [5, 5.41) is 3.78. The molecule has 0 bridgehead atoms. The Balaban J connectivity index is 1.97. The molecule has 3 N–H and O–H groups in total. The Morgan fingerprint density at radius 3 is 2.67 bits per heavy atom.